The van der Waals surface area contributed by atoms with Crippen LogP contribution in [0.4, 0.5) is 0 Å². The van der Waals surface area contributed by atoms with E-state index in [1.165, 1.54) is 16.5 Å². The van der Waals surface area contributed by atoms with E-state index in [1.807, 2.05) is 11.8 Å². The van der Waals surface area contributed by atoms with Crippen LogP contribution in [0.25, 0.3) is 0 Å². The van der Waals surface area contributed by atoms with E-state index in [1.54, 1.807) is 11.3 Å². The Morgan fingerprint density at radius 1 is 1.57 bits per heavy atom. The highest BCUT2D eigenvalue weighted by molar-refractivity contribution is 8.00. The fourth-order valence-electron chi connectivity index (χ4n) is 1.27. The molecule has 14 heavy (non-hydrogen) atoms. The minimum atomic E-state index is 0.0334. The molecule has 0 aromatic carbocycles. The maximum atomic E-state index is 5.73. The molecule has 0 unspecified atom stereocenters. The van der Waals surface area contributed by atoms with Gasteiger partial charge in [-0.05, 0) is 0 Å². The van der Waals surface area contributed by atoms with Gasteiger partial charge in [-0.1, -0.05) is 13.8 Å². The van der Waals surface area contributed by atoms with E-state index in [4.69, 9.17) is 10.7 Å². The summed E-state index contributed by atoms with van der Waals surface area (Å²) in [5, 5.41) is 3.48. The topological polar surface area (TPSA) is 38.9 Å². The molecule has 0 radical (unpaired) electrons. The third kappa shape index (κ3) is 1.83. The Bertz CT molecular complexity index is 316. The average Bonchev–Trinajstić information content (AvgIpc) is 2.51. The maximum Gasteiger partial charge on any atom is 0.0976 e. The van der Waals surface area contributed by atoms with Crippen LogP contribution >= 0.6 is 23.1 Å². The van der Waals surface area contributed by atoms with Crippen LogP contribution < -0.4 is 5.73 Å². The van der Waals surface area contributed by atoms with E-state index in [-0.39, 0.29) is 5.41 Å². The Morgan fingerprint density at radius 2 is 2.29 bits per heavy atom. The molecule has 0 saturated carbocycles. The highest BCUT2D eigenvalue weighted by Gasteiger charge is 2.27. The van der Waals surface area contributed by atoms with Gasteiger partial charge in [-0.3, -0.25) is 0 Å². The van der Waals surface area contributed by atoms with Gasteiger partial charge in [0.25, 0.3) is 0 Å². The second-order valence-corrected chi connectivity index (χ2v) is 6.36. The zero-order chi connectivity index (χ0) is 10.2. The number of thiazole rings is 1. The zero-order valence-electron chi connectivity index (χ0n) is 8.62. The number of thioether (sulfide) groups is 1. The second-order valence-electron chi connectivity index (χ2n) is 4.39. The van der Waals surface area contributed by atoms with Crippen molar-refractivity contribution in [1.82, 2.24) is 4.98 Å². The monoisotopic (exact) mass is 228 g/mol. The van der Waals surface area contributed by atoms with E-state index in [9.17, 15) is 0 Å². The van der Waals surface area contributed by atoms with E-state index in [0.29, 0.717) is 12.5 Å². The van der Waals surface area contributed by atoms with Gasteiger partial charge in [-0.15, -0.1) is 11.3 Å². The Labute approximate surface area is 93.3 Å². The molecule has 0 amide bonds. The fourth-order valence-corrected chi connectivity index (χ4v) is 3.38. The third-order valence-corrected chi connectivity index (χ3v) is 5.00. The molecule has 1 aliphatic heterocycles. The van der Waals surface area contributed by atoms with Crippen LogP contribution in [0.1, 0.15) is 30.5 Å². The zero-order valence-corrected chi connectivity index (χ0v) is 10.3. The lowest BCUT2D eigenvalue weighted by molar-refractivity contribution is 0.522. The van der Waals surface area contributed by atoms with Crippen LogP contribution in [-0.2, 0) is 5.41 Å². The summed E-state index contributed by atoms with van der Waals surface area (Å²) in [5.41, 5.74) is 6.93. The van der Waals surface area contributed by atoms with Crippen LogP contribution in [0.15, 0.2) is 5.38 Å². The van der Waals surface area contributed by atoms with Crippen LogP contribution in [0.5, 0.6) is 0 Å². The maximum absolute atomic E-state index is 5.73. The molecule has 0 spiro atoms. The number of rotatable bonds is 3. The lowest BCUT2D eigenvalue weighted by atomic mass is 9.90. The van der Waals surface area contributed by atoms with Gasteiger partial charge in [0, 0.05) is 34.8 Å². The quantitative estimate of drug-likeness (QED) is 0.862. The van der Waals surface area contributed by atoms with E-state index >= 15 is 0 Å². The van der Waals surface area contributed by atoms with E-state index < -0.39 is 0 Å². The van der Waals surface area contributed by atoms with Crippen LogP contribution in [0, 0.1) is 0 Å². The van der Waals surface area contributed by atoms with Gasteiger partial charge >= 0.3 is 0 Å². The summed E-state index contributed by atoms with van der Waals surface area (Å²) >= 11 is 3.80. The molecule has 2 N–H and O–H groups in total. The van der Waals surface area contributed by atoms with Crippen molar-refractivity contribution in [3.05, 3.63) is 16.1 Å². The Balaban J connectivity index is 2.16. The number of aromatic nitrogens is 1. The summed E-state index contributed by atoms with van der Waals surface area (Å²) in [7, 11) is 0. The highest BCUT2D eigenvalue weighted by Crippen LogP contribution is 2.36. The first-order valence-electron chi connectivity index (χ1n) is 4.87. The minimum absolute atomic E-state index is 0.0334. The largest absolute Gasteiger partial charge is 0.330 e. The van der Waals surface area contributed by atoms with Crippen LogP contribution in [0.3, 0.4) is 0 Å². The lowest BCUT2D eigenvalue weighted by Crippen LogP contribution is -2.28. The van der Waals surface area contributed by atoms with Gasteiger partial charge in [0.05, 0.1) is 10.7 Å². The standard InChI is InChI=1S/C10H16N2S2/c1-10(2,6-11)8-5-14-9(12-8)7-3-13-4-7/h5,7H,3-4,6,11H2,1-2H3. The number of nitrogens with zero attached hydrogens (tertiary/aromatic N) is 1. The lowest BCUT2D eigenvalue weighted by Gasteiger charge is -2.23. The first-order valence-corrected chi connectivity index (χ1v) is 6.90. The van der Waals surface area contributed by atoms with Gasteiger partial charge in [0.15, 0.2) is 0 Å². The molecule has 1 fully saturated rings. The summed E-state index contributed by atoms with van der Waals surface area (Å²) in [6, 6.07) is 0. The van der Waals surface area contributed by atoms with Crippen molar-refractivity contribution in [3.63, 3.8) is 0 Å². The van der Waals surface area contributed by atoms with E-state index in [0.717, 1.165) is 5.69 Å². The summed E-state index contributed by atoms with van der Waals surface area (Å²) in [6.07, 6.45) is 0. The summed E-state index contributed by atoms with van der Waals surface area (Å²) in [6.45, 7) is 4.97. The molecule has 1 aromatic rings. The SMILES string of the molecule is CC(C)(CN)c1csc(C2CSC2)n1. The highest BCUT2D eigenvalue weighted by atomic mass is 32.2. The van der Waals surface area contributed by atoms with Crippen molar-refractivity contribution in [2.75, 3.05) is 18.1 Å². The Kier molecular flexibility index (Phi) is 2.86. The molecule has 2 heterocycles. The number of nitrogens with two attached hydrogens (primary N) is 1. The van der Waals surface area contributed by atoms with Crippen molar-refractivity contribution in [3.8, 4) is 0 Å². The van der Waals surface area contributed by atoms with Crippen molar-refractivity contribution in [2.45, 2.75) is 25.2 Å². The average molecular weight is 228 g/mol. The molecule has 4 heteroatoms. The molecule has 1 aromatic heterocycles. The summed E-state index contributed by atoms with van der Waals surface area (Å²) in [4.78, 5) is 4.70. The Hall–Kier alpha value is -0.0600. The van der Waals surface area contributed by atoms with Gasteiger partial charge in [-0.25, -0.2) is 4.98 Å². The first-order chi connectivity index (χ1) is 6.63. The normalized spacial score (nSPS) is 18.2. The van der Waals surface area contributed by atoms with Crippen LogP contribution in [0.2, 0.25) is 0 Å². The Morgan fingerprint density at radius 3 is 2.79 bits per heavy atom. The molecule has 0 atom stereocenters. The molecule has 2 rings (SSSR count). The first kappa shape index (κ1) is 10.5. The van der Waals surface area contributed by atoms with Crippen molar-refractivity contribution in [2.24, 2.45) is 5.73 Å². The molecule has 1 aliphatic rings. The van der Waals surface area contributed by atoms with Crippen LogP contribution in [-0.4, -0.2) is 23.0 Å². The smallest absolute Gasteiger partial charge is 0.0976 e. The molecule has 0 bridgehead atoms. The number of hydrogen-bond donors (Lipinski definition) is 1. The molecular weight excluding hydrogens is 212 g/mol. The third-order valence-electron chi connectivity index (χ3n) is 2.71. The molecule has 2 nitrogen and oxygen atoms in total. The van der Waals surface area contributed by atoms with Crippen molar-refractivity contribution >= 4 is 23.1 Å². The fraction of sp³-hybridized carbons (Fsp3) is 0.700. The number of hydrogen-bond acceptors (Lipinski definition) is 4. The van der Waals surface area contributed by atoms with Gasteiger partial charge in [0.2, 0.25) is 0 Å². The van der Waals surface area contributed by atoms with Gasteiger partial charge in [0.1, 0.15) is 0 Å². The molecular formula is C10H16N2S2. The van der Waals surface area contributed by atoms with Crippen molar-refractivity contribution < 1.29 is 0 Å². The molecule has 1 saturated heterocycles. The predicted molar refractivity (Wildman–Crippen MR) is 64.3 cm³/mol. The summed E-state index contributed by atoms with van der Waals surface area (Å²) < 4.78 is 0. The van der Waals surface area contributed by atoms with E-state index in [2.05, 4.69) is 19.2 Å². The van der Waals surface area contributed by atoms with Gasteiger partial charge < -0.3 is 5.73 Å². The van der Waals surface area contributed by atoms with Gasteiger partial charge in [-0.2, -0.15) is 11.8 Å². The predicted octanol–water partition coefficient (Wildman–Crippen LogP) is 2.21. The molecule has 0 aliphatic carbocycles. The summed E-state index contributed by atoms with van der Waals surface area (Å²) in [5.74, 6) is 3.21. The minimum Gasteiger partial charge on any atom is -0.330 e. The second kappa shape index (κ2) is 3.83. The van der Waals surface area contributed by atoms with Crippen molar-refractivity contribution in [1.29, 1.82) is 0 Å². The molecule has 78 valence electrons.